The molecule has 0 spiro atoms. The summed E-state index contributed by atoms with van der Waals surface area (Å²) < 4.78 is 5.53. The first-order chi connectivity index (χ1) is 14.3. The SMILES string of the molecule is CCOc1ccc(-c2cncc(CC3CCN(Cc4ccccc4)CC3)n2)cc1. The van der Waals surface area contributed by atoms with Crippen LogP contribution in [0.3, 0.4) is 0 Å². The van der Waals surface area contributed by atoms with Crippen LogP contribution < -0.4 is 4.74 Å². The first-order valence-electron chi connectivity index (χ1n) is 10.6. The van der Waals surface area contributed by atoms with E-state index in [1.807, 2.05) is 31.5 Å². The van der Waals surface area contributed by atoms with Crippen molar-refractivity contribution in [2.24, 2.45) is 5.92 Å². The highest BCUT2D eigenvalue weighted by atomic mass is 16.5. The summed E-state index contributed by atoms with van der Waals surface area (Å²) in [4.78, 5) is 11.9. The van der Waals surface area contributed by atoms with Gasteiger partial charge in [0.05, 0.1) is 24.2 Å². The molecule has 0 aliphatic carbocycles. The molecule has 1 aliphatic heterocycles. The van der Waals surface area contributed by atoms with Gasteiger partial charge in [-0.2, -0.15) is 0 Å². The number of rotatable bonds is 7. The summed E-state index contributed by atoms with van der Waals surface area (Å²) in [5, 5.41) is 0. The lowest BCUT2D eigenvalue weighted by Crippen LogP contribution is -2.33. The van der Waals surface area contributed by atoms with E-state index in [1.54, 1.807) is 0 Å². The Kier molecular flexibility index (Phi) is 6.52. The van der Waals surface area contributed by atoms with Gasteiger partial charge >= 0.3 is 0 Å². The van der Waals surface area contributed by atoms with Crippen LogP contribution in [0.4, 0.5) is 0 Å². The van der Waals surface area contributed by atoms with Gasteiger partial charge in [-0.3, -0.25) is 9.88 Å². The van der Waals surface area contributed by atoms with Crippen molar-refractivity contribution < 1.29 is 4.74 Å². The zero-order valence-electron chi connectivity index (χ0n) is 17.1. The van der Waals surface area contributed by atoms with Gasteiger partial charge in [-0.05, 0) is 75.0 Å². The van der Waals surface area contributed by atoms with Crippen molar-refractivity contribution in [2.75, 3.05) is 19.7 Å². The molecule has 3 aromatic rings. The molecule has 4 rings (SSSR count). The molecule has 1 aliphatic rings. The number of nitrogens with zero attached hydrogens (tertiary/aromatic N) is 3. The maximum atomic E-state index is 5.53. The lowest BCUT2D eigenvalue weighted by Gasteiger charge is -2.31. The maximum absolute atomic E-state index is 5.53. The molecule has 2 heterocycles. The Morgan fingerprint density at radius 2 is 1.72 bits per heavy atom. The molecule has 0 bridgehead atoms. The minimum absolute atomic E-state index is 0.679. The van der Waals surface area contributed by atoms with E-state index in [0.29, 0.717) is 12.5 Å². The first-order valence-corrected chi connectivity index (χ1v) is 10.6. The molecule has 1 saturated heterocycles. The van der Waals surface area contributed by atoms with Gasteiger partial charge in [-0.1, -0.05) is 30.3 Å². The lowest BCUT2D eigenvalue weighted by molar-refractivity contribution is 0.176. The van der Waals surface area contributed by atoms with Crippen molar-refractivity contribution in [3.63, 3.8) is 0 Å². The summed E-state index contributed by atoms with van der Waals surface area (Å²) in [6.07, 6.45) is 7.23. The van der Waals surface area contributed by atoms with Gasteiger partial charge in [-0.25, -0.2) is 4.98 Å². The molecule has 0 unspecified atom stereocenters. The Morgan fingerprint density at radius 1 is 0.966 bits per heavy atom. The smallest absolute Gasteiger partial charge is 0.119 e. The van der Waals surface area contributed by atoms with E-state index < -0.39 is 0 Å². The molecule has 0 amide bonds. The number of benzene rings is 2. The number of aromatic nitrogens is 2. The van der Waals surface area contributed by atoms with Crippen LogP contribution in [-0.4, -0.2) is 34.6 Å². The number of hydrogen-bond acceptors (Lipinski definition) is 4. The van der Waals surface area contributed by atoms with Crippen LogP contribution in [-0.2, 0) is 13.0 Å². The van der Waals surface area contributed by atoms with Crippen LogP contribution in [0.25, 0.3) is 11.3 Å². The van der Waals surface area contributed by atoms with Gasteiger partial charge in [-0.15, -0.1) is 0 Å². The summed E-state index contributed by atoms with van der Waals surface area (Å²) in [5.41, 5.74) is 4.52. The monoisotopic (exact) mass is 387 g/mol. The summed E-state index contributed by atoms with van der Waals surface area (Å²) >= 11 is 0. The molecule has 0 saturated carbocycles. The predicted molar refractivity (Wildman–Crippen MR) is 117 cm³/mol. The van der Waals surface area contributed by atoms with Crippen LogP contribution in [0, 0.1) is 5.92 Å². The van der Waals surface area contributed by atoms with E-state index in [4.69, 9.17) is 9.72 Å². The Hall–Kier alpha value is -2.72. The third kappa shape index (κ3) is 5.42. The van der Waals surface area contributed by atoms with Crippen LogP contribution >= 0.6 is 0 Å². The third-order valence-corrected chi connectivity index (χ3v) is 5.60. The van der Waals surface area contributed by atoms with Crippen molar-refractivity contribution in [2.45, 2.75) is 32.7 Å². The number of hydrogen-bond donors (Lipinski definition) is 0. The van der Waals surface area contributed by atoms with Crippen molar-refractivity contribution in [1.82, 2.24) is 14.9 Å². The highest BCUT2D eigenvalue weighted by Crippen LogP contribution is 2.24. The van der Waals surface area contributed by atoms with E-state index >= 15 is 0 Å². The van der Waals surface area contributed by atoms with E-state index in [1.165, 1.54) is 18.4 Å². The molecule has 2 aromatic carbocycles. The fourth-order valence-corrected chi connectivity index (χ4v) is 4.02. The number of ether oxygens (including phenoxy) is 1. The first kappa shape index (κ1) is 19.6. The van der Waals surface area contributed by atoms with Gasteiger partial charge in [0.25, 0.3) is 0 Å². The summed E-state index contributed by atoms with van der Waals surface area (Å²) in [6.45, 7) is 6.05. The van der Waals surface area contributed by atoms with Crippen molar-refractivity contribution in [1.29, 1.82) is 0 Å². The van der Waals surface area contributed by atoms with Crippen LogP contribution in [0.5, 0.6) is 5.75 Å². The molecular formula is C25H29N3O. The highest BCUT2D eigenvalue weighted by Gasteiger charge is 2.20. The topological polar surface area (TPSA) is 38.2 Å². The molecule has 1 fully saturated rings. The Bertz CT molecular complexity index is 887. The van der Waals surface area contributed by atoms with Crippen LogP contribution in [0.15, 0.2) is 67.0 Å². The highest BCUT2D eigenvalue weighted by molar-refractivity contribution is 5.59. The van der Waals surface area contributed by atoms with Gasteiger partial charge in [0, 0.05) is 18.3 Å². The van der Waals surface area contributed by atoms with Crippen molar-refractivity contribution in [3.8, 4) is 17.0 Å². The van der Waals surface area contributed by atoms with Crippen molar-refractivity contribution >= 4 is 0 Å². The second kappa shape index (κ2) is 9.66. The van der Waals surface area contributed by atoms with Gasteiger partial charge in [0.2, 0.25) is 0 Å². The molecule has 0 radical (unpaired) electrons. The van der Waals surface area contributed by atoms with Gasteiger partial charge < -0.3 is 4.74 Å². The van der Waals surface area contributed by atoms with E-state index in [-0.39, 0.29) is 0 Å². The fourth-order valence-electron chi connectivity index (χ4n) is 4.02. The second-order valence-corrected chi connectivity index (χ2v) is 7.76. The Balaban J connectivity index is 1.33. The predicted octanol–water partition coefficient (Wildman–Crippen LogP) is 5.00. The Morgan fingerprint density at radius 3 is 2.45 bits per heavy atom. The van der Waals surface area contributed by atoms with Crippen molar-refractivity contribution in [3.05, 3.63) is 78.2 Å². The molecule has 0 atom stereocenters. The van der Waals surface area contributed by atoms with E-state index in [0.717, 1.165) is 48.8 Å². The van der Waals surface area contributed by atoms with E-state index in [2.05, 4.69) is 52.3 Å². The standard InChI is InChI=1S/C25H29N3O/c1-2-29-24-10-8-22(9-11-24)25-18-26-17-23(27-25)16-20-12-14-28(15-13-20)19-21-6-4-3-5-7-21/h3-11,17-18,20H,2,12-16,19H2,1H3. The quantitative estimate of drug-likeness (QED) is 0.572. The third-order valence-electron chi connectivity index (χ3n) is 5.60. The average Bonchev–Trinajstić information content (AvgIpc) is 2.77. The maximum Gasteiger partial charge on any atom is 0.119 e. The fraction of sp³-hybridized carbons (Fsp3) is 0.360. The zero-order chi connectivity index (χ0) is 19.9. The molecule has 0 N–H and O–H groups in total. The normalized spacial score (nSPS) is 15.3. The minimum atomic E-state index is 0.679. The number of likely N-dealkylation sites (tertiary alicyclic amines) is 1. The largest absolute Gasteiger partial charge is 0.494 e. The average molecular weight is 388 g/mol. The summed E-state index contributed by atoms with van der Waals surface area (Å²) in [5.74, 6) is 1.58. The summed E-state index contributed by atoms with van der Waals surface area (Å²) in [7, 11) is 0. The second-order valence-electron chi connectivity index (χ2n) is 7.76. The van der Waals surface area contributed by atoms with Crippen LogP contribution in [0.2, 0.25) is 0 Å². The van der Waals surface area contributed by atoms with Gasteiger partial charge in [0.15, 0.2) is 0 Å². The Labute approximate surface area is 173 Å². The van der Waals surface area contributed by atoms with Crippen LogP contribution in [0.1, 0.15) is 31.0 Å². The number of piperidine rings is 1. The lowest BCUT2D eigenvalue weighted by atomic mass is 9.92. The molecule has 150 valence electrons. The molecule has 29 heavy (non-hydrogen) atoms. The summed E-state index contributed by atoms with van der Waals surface area (Å²) in [6, 6.07) is 18.9. The molecular weight excluding hydrogens is 358 g/mol. The zero-order valence-corrected chi connectivity index (χ0v) is 17.1. The van der Waals surface area contributed by atoms with Gasteiger partial charge in [0.1, 0.15) is 5.75 Å². The van der Waals surface area contributed by atoms with E-state index in [9.17, 15) is 0 Å². The molecule has 4 nitrogen and oxygen atoms in total. The molecule has 4 heteroatoms. The minimum Gasteiger partial charge on any atom is -0.494 e. The molecule has 1 aromatic heterocycles.